The summed E-state index contributed by atoms with van der Waals surface area (Å²) in [5, 5.41) is 10.1. The maximum Gasteiger partial charge on any atom is 0.318 e. The Kier molecular flexibility index (Phi) is 6.77. The van der Waals surface area contributed by atoms with Crippen LogP contribution in [0.25, 0.3) is 0 Å². The lowest BCUT2D eigenvalue weighted by Crippen LogP contribution is -2.46. The van der Waals surface area contributed by atoms with Crippen LogP contribution >= 0.6 is 0 Å². The van der Waals surface area contributed by atoms with Gasteiger partial charge in [-0.2, -0.15) is 15.2 Å². The van der Waals surface area contributed by atoms with Gasteiger partial charge >= 0.3 is 6.01 Å². The molecule has 5 aliphatic heterocycles. The fraction of sp³-hybridized carbons (Fsp3) is 0.633. The number of nitrogen functional groups attached to an aromatic ring is 1. The third-order valence-electron chi connectivity index (χ3n) is 9.59. The first-order chi connectivity index (χ1) is 19.9. The number of hydrogen-bond acceptors (Lipinski definition) is 10. The van der Waals surface area contributed by atoms with Crippen LogP contribution in [0.4, 0.5) is 15.9 Å². The summed E-state index contributed by atoms with van der Waals surface area (Å²) in [4.78, 5) is 14.3. The van der Waals surface area contributed by atoms with Gasteiger partial charge in [0, 0.05) is 55.9 Å². The molecule has 3 fully saturated rings. The van der Waals surface area contributed by atoms with E-state index in [4.69, 9.17) is 34.6 Å². The second kappa shape index (κ2) is 10.3. The molecule has 1 aromatic carbocycles. The van der Waals surface area contributed by atoms with Crippen molar-refractivity contribution < 1.29 is 23.3 Å². The van der Waals surface area contributed by atoms with Crippen molar-refractivity contribution in [3.8, 4) is 12.1 Å². The minimum absolute atomic E-state index is 0.190. The molecule has 0 saturated carbocycles. The van der Waals surface area contributed by atoms with Gasteiger partial charge in [-0.1, -0.05) is 6.07 Å². The van der Waals surface area contributed by atoms with Crippen molar-refractivity contribution >= 4 is 11.5 Å². The minimum atomic E-state index is -0.909. The third kappa shape index (κ3) is 4.52. The van der Waals surface area contributed by atoms with Crippen molar-refractivity contribution in [1.82, 2.24) is 14.9 Å². The highest BCUT2D eigenvalue weighted by molar-refractivity contribution is 5.64. The number of alkyl halides is 1. The number of aromatic nitrogens is 2. The van der Waals surface area contributed by atoms with Crippen molar-refractivity contribution in [1.29, 1.82) is 5.26 Å². The summed E-state index contributed by atoms with van der Waals surface area (Å²) in [7, 11) is 0. The Morgan fingerprint density at radius 3 is 3.00 bits per heavy atom. The van der Waals surface area contributed by atoms with Gasteiger partial charge in [-0.3, -0.25) is 4.90 Å². The van der Waals surface area contributed by atoms with Crippen LogP contribution < -0.4 is 15.4 Å². The molecule has 41 heavy (non-hydrogen) atoms. The summed E-state index contributed by atoms with van der Waals surface area (Å²) < 4.78 is 39.4. The normalized spacial score (nSPS) is 31.3. The van der Waals surface area contributed by atoms with E-state index in [1.807, 2.05) is 13.0 Å². The van der Waals surface area contributed by atoms with Crippen molar-refractivity contribution in [2.45, 2.75) is 69.1 Å². The summed E-state index contributed by atoms with van der Waals surface area (Å²) in [6.07, 6.45) is 2.70. The molecule has 5 aliphatic rings. The van der Waals surface area contributed by atoms with E-state index in [2.05, 4.69) is 15.9 Å². The van der Waals surface area contributed by atoms with E-state index in [0.717, 1.165) is 60.6 Å². The molecule has 6 heterocycles. The summed E-state index contributed by atoms with van der Waals surface area (Å²) in [5.41, 5.74) is 9.35. The van der Waals surface area contributed by atoms with Gasteiger partial charge in [-0.05, 0) is 44.4 Å². The first-order valence-electron chi connectivity index (χ1n) is 14.7. The molecule has 2 aromatic rings. The molecular formula is C30H37FN6O4. The molecule has 2 N–H and O–H groups in total. The first kappa shape index (κ1) is 26.8. The van der Waals surface area contributed by atoms with Crippen LogP contribution in [0.5, 0.6) is 6.01 Å². The molecule has 0 bridgehead atoms. The van der Waals surface area contributed by atoms with Crippen molar-refractivity contribution in [2.75, 3.05) is 63.2 Å². The number of halogens is 1. The first-order valence-corrected chi connectivity index (χ1v) is 14.7. The standard InChI is InChI=1S/C30H37FN6O4/c1-19-21-4-5-24(33)22(14-32)26(21)30(18-39-19)13-25-23(16-41-30)27(36-7-3-10-38-11-9-36)35-28(34-25)40-17-29-6-2-8-37(29)15-20(31)12-29/h4-5,19-20H,2-3,6-13,15-18,33H2,1H3/t19-,20+,29?,30+/m0/s1. The number of rotatable bonds is 4. The molecule has 1 spiro atoms. The fourth-order valence-corrected chi connectivity index (χ4v) is 7.51. The van der Waals surface area contributed by atoms with Crippen LogP contribution in [0, 0.1) is 11.3 Å². The highest BCUT2D eigenvalue weighted by Crippen LogP contribution is 2.48. The summed E-state index contributed by atoms with van der Waals surface area (Å²) >= 11 is 0. The topological polar surface area (TPSA) is 119 Å². The number of hydrogen-bond donors (Lipinski definition) is 1. The Morgan fingerprint density at radius 2 is 2.12 bits per heavy atom. The van der Waals surface area contributed by atoms with Crippen LogP contribution in [-0.2, 0) is 32.8 Å². The molecule has 3 saturated heterocycles. The largest absolute Gasteiger partial charge is 0.461 e. The van der Waals surface area contributed by atoms with Gasteiger partial charge in [0.25, 0.3) is 0 Å². The number of anilines is 2. The van der Waals surface area contributed by atoms with Crippen LogP contribution in [0.15, 0.2) is 12.1 Å². The SMILES string of the molecule is C[C@@H]1OC[C@]2(Cc3nc(OCC45CCCN4C[C@H](F)C5)nc(N4CCCOCC4)c3CO2)c2c1ccc(N)c2C#N. The molecule has 218 valence electrons. The predicted octanol–water partition coefficient (Wildman–Crippen LogP) is 3.17. The number of nitrogens with two attached hydrogens (primary N) is 1. The number of fused-ring (bicyclic) bond motifs is 4. The Balaban J connectivity index is 1.28. The van der Waals surface area contributed by atoms with Crippen LogP contribution in [0.1, 0.15) is 66.7 Å². The zero-order chi connectivity index (χ0) is 28.2. The molecule has 11 heteroatoms. The van der Waals surface area contributed by atoms with E-state index >= 15 is 0 Å². The average Bonchev–Trinajstić information content (AvgIpc) is 3.35. The van der Waals surface area contributed by atoms with Gasteiger partial charge in [0.15, 0.2) is 0 Å². The highest BCUT2D eigenvalue weighted by Gasteiger charge is 2.50. The molecule has 7 rings (SSSR count). The number of nitrogens with zero attached hydrogens (tertiary/aromatic N) is 5. The predicted molar refractivity (Wildman–Crippen MR) is 148 cm³/mol. The van der Waals surface area contributed by atoms with E-state index in [0.29, 0.717) is 63.0 Å². The number of nitriles is 1. The maximum absolute atomic E-state index is 14.4. The minimum Gasteiger partial charge on any atom is -0.461 e. The molecule has 4 atom stereocenters. The van der Waals surface area contributed by atoms with Crippen molar-refractivity contribution in [3.63, 3.8) is 0 Å². The molecule has 1 unspecified atom stereocenters. The zero-order valence-corrected chi connectivity index (χ0v) is 23.5. The second-order valence-electron chi connectivity index (χ2n) is 12.1. The summed E-state index contributed by atoms with van der Waals surface area (Å²) in [6.45, 7) is 7.06. The molecule has 1 aromatic heterocycles. The zero-order valence-electron chi connectivity index (χ0n) is 23.5. The Hall–Kier alpha value is -3.04. The lowest BCUT2D eigenvalue weighted by molar-refractivity contribution is -0.148. The van der Waals surface area contributed by atoms with E-state index in [9.17, 15) is 9.65 Å². The highest BCUT2D eigenvalue weighted by atomic mass is 19.1. The smallest absolute Gasteiger partial charge is 0.318 e. The van der Waals surface area contributed by atoms with Crippen molar-refractivity contribution in [3.05, 3.63) is 40.1 Å². The lowest BCUT2D eigenvalue weighted by atomic mass is 9.78. The monoisotopic (exact) mass is 564 g/mol. The molecule has 0 radical (unpaired) electrons. The van der Waals surface area contributed by atoms with E-state index in [-0.39, 0.29) is 24.9 Å². The Labute approximate surface area is 239 Å². The van der Waals surface area contributed by atoms with Gasteiger partial charge in [0.05, 0.1) is 42.7 Å². The maximum atomic E-state index is 14.4. The van der Waals surface area contributed by atoms with Gasteiger partial charge in [0.2, 0.25) is 0 Å². The van der Waals surface area contributed by atoms with Crippen LogP contribution in [-0.4, -0.2) is 79.2 Å². The Bertz CT molecular complexity index is 1380. The van der Waals surface area contributed by atoms with E-state index in [1.165, 1.54) is 0 Å². The van der Waals surface area contributed by atoms with Crippen LogP contribution in [0.2, 0.25) is 0 Å². The average molecular weight is 565 g/mol. The summed E-state index contributed by atoms with van der Waals surface area (Å²) in [6, 6.07) is 6.31. The van der Waals surface area contributed by atoms with Crippen LogP contribution in [0.3, 0.4) is 0 Å². The number of ether oxygens (including phenoxy) is 4. The summed E-state index contributed by atoms with van der Waals surface area (Å²) in [5.74, 6) is 0.791. The van der Waals surface area contributed by atoms with Gasteiger partial charge < -0.3 is 29.6 Å². The molecule has 0 aliphatic carbocycles. The van der Waals surface area contributed by atoms with Gasteiger partial charge in [0.1, 0.15) is 30.3 Å². The second-order valence-corrected chi connectivity index (χ2v) is 12.1. The molecule has 10 nitrogen and oxygen atoms in total. The lowest BCUT2D eigenvalue weighted by Gasteiger charge is -2.44. The van der Waals surface area contributed by atoms with Gasteiger partial charge in [-0.15, -0.1) is 0 Å². The molecular weight excluding hydrogens is 527 g/mol. The van der Waals surface area contributed by atoms with Crippen molar-refractivity contribution in [2.24, 2.45) is 0 Å². The molecule has 0 amide bonds. The van der Waals surface area contributed by atoms with Gasteiger partial charge in [-0.25, -0.2) is 4.39 Å². The Morgan fingerprint density at radius 1 is 1.22 bits per heavy atom. The van der Waals surface area contributed by atoms with E-state index < -0.39 is 11.8 Å². The quantitative estimate of drug-likeness (QED) is 0.555. The number of benzene rings is 1. The van der Waals surface area contributed by atoms with E-state index in [1.54, 1.807) is 6.07 Å². The third-order valence-corrected chi connectivity index (χ3v) is 9.59. The fourth-order valence-electron chi connectivity index (χ4n) is 7.51.